The number of nitrogens with zero attached hydrogens (tertiary/aromatic N) is 2. The van der Waals surface area contributed by atoms with Gasteiger partial charge in [0.15, 0.2) is 11.5 Å². The molecule has 118 valence electrons. The molecule has 0 aliphatic carbocycles. The first-order valence-corrected chi connectivity index (χ1v) is 7.95. The number of hydrogen-bond donors (Lipinski definition) is 0. The molecular formula is C17H22N2O3. The van der Waals surface area contributed by atoms with Gasteiger partial charge in [-0.1, -0.05) is 12.1 Å². The number of aromatic nitrogens is 1. The van der Waals surface area contributed by atoms with Gasteiger partial charge >= 0.3 is 0 Å². The van der Waals surface area contributed by atoms with Crippen molar-refractivity contribution in [3.05, 3.63) is 40.7 Å². The van der Waals surface area contributed by atoms with Crippen LogP contribution in [0.3, 0.4) is 0 Å². The summed E-state index contributed by atoms with van der Waals surface area (Å²) in [5.74, 6) is 2.46. The van der Waals surface area contributed by atoms with Crippen molar-refractivity contribution in [1.82, 2.24) is 10.1 Å². The second-order valence-electron chi connectivity index (χ2n) is 5.88. The highest BCUT2D eigenvalue weighted by molar-refractivity contribution is 5.97. The highest BCUT2D eigenvalue weighted by atomic mass is 16.5. The minimum Gasteiger partial charge on any atom is -0.466 e. The predicted octanol–water partition coefficient (Wildman–Crippen LogP) is 3.36. The minimum atomic E-state index is 0.0914. The van der Waals surface area contributed by atoms with Crippen LogP contribution < -0.4 is 0 Å². The highest BCUT2D eigenvalue weighted by Crippen LogP contribution is 2.23. The summed E-state index contributed by atoms with van der Waals surface area (Å²) in [4.78, 5) is 14.6. The van der Waals surface area contributed by atoms with Gasteiger partial charge in [-0.05, 0) is 45.0 Å². The number of Topliss-reactive ketones (excluding diaryl/α,β-unsaturated/α-hetero) is 1. The number of aryl methyl sites for hydroxylation is 1. The average molecular weight is 302 g/mol. The summed E-state index contributed by atoms with van der Waals surface area (Å²) in [7, 11) is 0. The van der Waals surface area contributed by atoms with E-state index in [2.05, 4.69) is 10.1 Å². The van der Waals surface area contributed by atoms with Crippen molar-refractivity contribution in [2.24, 2.45) is 0 Å². The van der Waals surface area contributed by atoms with Crippen LogP contribution in [-0.4, -0.2) is 28.9 Å². The normalized spacial score (nSPS) is 15.5. The second kappa shape index (κ2) is 6.48. The van der Waals surface area contributed by atoms with Gasteiger partial charge in [0.1, 0.15) is 17.2 Å². The number of rotatable bonds is 6. The first kappa shape index (κ1) is 15.0. The van der Waals surface area contributed by atoms with Gasteiger partial charge in [-0.25, -0.2) is 0 Å². The van der Waals surface area contributed by atoms with Crippen LogP contribution in [0.1, 0.15) is 59.5 Å². The van der Waals surface area contributed by atoms with Crippen molar-refractivity contribution in [3.63, 3.8) is 0 Å². The SMILES string of the molecule is CCC(=O)c1c(Cc2ccc(C)o2)noc1CN1CCCC1. The van der Waals surface area contributed by atoms with E-state index in [1.165, 1.54) is 12.8 Å². The van der Waals surface area contributed by atoms with Crippen molar-refractivity contribution < 1.29 is 13.7 Å². The Morgan fingerprint density at radius 2 is 2.09 bits per heavy atom. The van der Waals surface area contributed by atoms with Crippen molar-refractivity contribution in [2.75, 3.05) is 13.1 Å². The zero-order chi connectivity index (χ0) is 15.5. The van der Waals surface area contributed by atoms with Crippen LogP contribution in [0.25, 0.3) is 0 Å². The van der Waals surface area contributed by atoms with E-state index in [1.807, 2.05) is 26.0 Å². The zero-order valence-corrected chi connectivity index (χ0v) is 13.2. The van der Waals surface area contributed by atoms with Crippen LogP contribution >= 0.6 is 0 Å². The topological polar surface area (TPSA) is 59.5 Å². The highest BCUT2D eigenvalue weighted by Gasteiger charge is 2.25. The van der Waals surface area contributed by atoms with Crippen LogP contribution in [0.5, 0.6) is 0 Å². The maximum atomic E-state index is 12.3. The molecule has 0 atom stereocenters. The van der Waals surface area contributed by atoms with E-state index in [0.717, 1.165) is 24.6 Å². The standard InChI is InChI=1S/C17H22N2O3/c1-3-15(20)17-14(10-13-7-6-12(2)21-13)18-22-16(17)11-19-8-4-5-9-19/h6-7H,3-5,8-11H2,1-2H3. The van der Waals surface area contributed by atoms with Gasteiger partial charge in [0.25, 0.3) is 0 Å². The molecule has 3 heterocycles. The van der Waals surface area contributed by atoms with E-state index in [9.17, 15) is 4.79 Å². The summed E-state index contributed by atoms with van der Waals surface area (Å²) in [5, 5.41) is 4.15. The van der Waals surface area contributed by atoms with Crippen LogP contribution in [0.4, 0.5) is 0 Å². The molecule has 5 heteroatoms. The molecule has 1 saturated heterocycles. The molecule has 0 aromatic carbocycles. The number of furan rings is 1. The Hall–Kier alpha value is -1.88. The van der Waals surface area contributed by atoms with Crippen LogP contribution in [-0.2, 0) is 13.0 Å². The van der Waals surface area contributed by atoms with Gasteiger partial charge in [-0.3, -0.25) is 9.69 Å². The first-order valence-electron chi connectivity index (χ1n) is 7.95. The second-order valence-corrected chi connectivity index (χ2v) is 5.88. The number of carbonyl (C=O) groups excluding carboxylic acids is 1. The van der Waals surface area contributed by atoms with Gasteiger partial charge < -0.3 is 8.94 Å². The third-order valence-corrected chi connectivity index (χ3v) is 4.14. The molecule has 0 unspecified atom stereocenters. The van der Waals surface area contributed by atoms with E-state index in [-0.39, 0.29) is 5.78 Å². The molecule has 0 amide bonds. The molecule has 2 aromatic rings. The summed E-state index contributed by atoms with van der Waals surface area (Å²) in [6, 6.07) is 3.84. The van der Waals surface area contributed by atoms with E-state index in [4.69, 9.17) is 8.94 Å². The summed E-state index contributed by atoms with van der Waals surface area (Å²) >= 11 is 0. The number of hydrogen-bond acceptors (Lipinski definition) is 5. The van der Waals surface area contributed by atoms with Crippen LogP contribution in [0, 0.1) is 6.92 Å². The zero-order valence-electron chi connectivity index (χ0n) is 13.2. The smallest absolute Gasteiger partial charge is 0.168 e. The quantitative estimate of drug-likeness (QED) is 0.766. The van der Waals surface area contributed by atoms with Crippen molar-refractivity contribution in [3.8, 4) is 0 Å². The summed E-state index contributed by atoms with van der Waals surface area (Å²) in [5.41, 5.74) is 1.35. The lowest BCUT2D eigenvalue weighted by Crippen LogP contribution is -2.19. The fourth-order valence-electron chi connectivity index (χ4n) is 2.97. The molecule has 1 fully saturated rings. The lowest BCUT2D eigenvalue weighted by molar-refractivity contribution is 0.0984. The van der Waals surface area contributed by atoms with Gasteiger partial charge in [0.05, 0.1) is 18.5 Å². The average Bonchev–Trinajstić information content (AvgIpc) is 3.22. The third-order valence-electron chi connectivity index (χ3n) is 4.14. The molecule has 0 spiro atoms. The predicted molar refractivity (Wildman–Crippen MR) is 81.9 cm³/mol. The Balaban J connectivity index is 1.85. The lowest BCUT2D eigenvalue weighted by atomic mass is 10.0. The lowest BCUT2D eigenvalue weighted by Gasteiger charge is -2.12. The largest absolute Gasteiger partial charge is 0.466 e. The minimum absolute atomic E-state index is 0.0914. The number of ketones is 1. The molecule has 22 heavy (non-hydrogen) atoms. The van der Waals surface area contributed by atoms with Crippen LogP contribution in [0.15, 0.2) is 21.1 Å². The summed E-state index contributed by atoms with van der Waals surface area (Å²) in [6.07, 6.45) is 3.38. The Morgan fingerprint density at radius 3 is 2.73 bits per heavy atom. The van der Waals surface area contributed by atoms with Gasteiger partial charge in [-0.15, -0.1) is 0 Å². The van der Waals surface area contributed by atoms with Gasteiger partial charge in [-0.2, -0.15) is 0 Å². The van der Waals surface area contributed by atoms with Gasteiger partial charge in [0, 0.05) is 6.42 Å². The Kier molecular flexibility index (Phi) is 4.43. The van der Waals surface area contributed by atoms with E-state index in [1.54, 1.807) is 0 Å². The van der Waals surface area contributed by atoms with Crippen LogP contribution in [0.2, 0.25) is 0 Å². The first-order chi connectivity index (χ1) is 10.7. The van der Waals surface area contributed by atoms with E-state index < -0.39 is 0 Å². The monoisotopic (exact) mass is 302 g/mol. The molecule has 3 rings (SSSR count). The molecule has 2 aromatic heterocycles. The molecular weight excluding hydrogens is 280 g/mol. The van der Waals surface area contributed by atoms with E-state index in [0.29, 0.717) is 36.4 Å². The van der Waals surface area contributed by atoms with Crippen molar-refractivity contribution in [2.45, 2.75) is 46.1 Å². The summed E-state index contributed by atoms with van der Waals surface area (Å²) < 4.78 is 11.1. The molecule has 5 nitrogen and oxygen atoms in total. The molecule has 1 aliphatic rings. The molecule has 1 aliphatic heterocycles. The number of likely N-dealkylation sites (tertiary alicyclic amines) is 1. The molecule has 0 N–H and O–H groups in total. The summed E-state index contributed by atoms with van der Waals surface area (Å²) in [6.45, 7) is 6.57. The Labute approximate surface area is 130 Å². The fraction of sp³-hybridized carbons (Fsp3) is 0.529. The third kappa shape index (κ3) is 3.14. The maximum absolute atomic E-state index is 12.3. The van der Waals surface area contributed by atoms with Gasteiger partial charge in [0.2, 0.25) is 0 Å². The fourth-order valence-corrected chi connectivity index (χ4v) is 2.97. The number of carbonyl (C=O) groups is 1. The van der Waals surface area contributed by atoms with E-state index >= 15 is 0 Å². The Bertz CT molecular complexity index is 651. The van der Waals surface area contributed by atoms with Crippen molar-refractivity contribution >= 4 is 5.78 Å². The Morgan fingerprint density at radius 1 is 1.32 bits per heavy atom. The van der Waals surface area contributed by atoms with Crippen molar-refractivity contribution in [1.29, 1.82) is 0 Å². The maximum Gasteiger partial charge on any atom is 0.168 e. The molecule has 0 radical (unpaired) electrons. The molecule has 0 bridgehead atoms. The molecule has 0 saturated carbocycles.